The molecule has 0 aliphatic rings. The van der Waals surface area contributed by atoms with Crippen molar-refractivity contribution < 1.29 is 28.5 Å². The predicted molar refractivity (Wildman–Crippen MR) is 119 cm³/mol. The van der Waals surface area contributed by atoms with Crippen molar-refractivity contribution in [2.45, 2.75) is 0 Å². The average Bonchev–Trinajstić information content (AvgIpc) is 2.84. The number of amides is 1. The molecule has 0 spiro atoms. The Bertz CT molecular complexity index is 1080. The second kappa shape index (κ2) is 11.2. The fourth-order valence-electron chi connectivity index (χ4n) is 2.63. The standard InChI is InChI=1S/C24H22N2O6/c1-29-21-13-10-18(14-22(21)30-2)24(28)32-20-11-8-17(9-12-20)15-25-26-23(27)16-31-19-6-4-3-5-7-19/h3-15H,16H2,1-2H3,(H,26,27)/b25-15-. The number of hydrazone groups is 1. The summed E-state index contributed by atoms with van der Waals surface area (Å²) in [7, 11) is 3.01. The number of ether oxygens (including phenoxy) is 4. The summed E-state index contributed by atoms with van der Waals surface area (Å²) >= 11 is 0. The number of esters is 1. The van der Waals surface area contributed by atoms with Gasteiger partial charge in [-0.3, -0.25) is 4.79 Å². The topological polar surface area (TPSA) is 95.5 Å². The number of carbonyl (C=O) groups is 2. The first-order valence-electron chi connectivity index (χ1n) is 9.63. The van der Waals surface area contributed by atoms with Gasteiger partial charge in [0.05, 0.1) is 26.0 Å². The summed E-state index contributed by atoms with van der Waals surface area (Å²) in [5, 5.41) is 3.89. The first-order chi connectivity index (χ1) is 15.6. The molecule has 8 nitrogen and oxygen atoms in total. The molecule has 3 aromatic carbocycles. The zero-order valence-electron chi connectivity index (χ0n) is 17.6. The number of hydrogen-bond acceptors (Lipinski definition) is 7. The third-order valence-corrected chi connectivity index (χ3v) is 4.23. The van der Waals surface area contributed by atoms with Crippen molar-refractivity contribution in [3.63, 3.8) is 0 Å². The minimum Gasteiger partial charge on any atom is -0.493 e. The summed E-state index contributed by atoms with van der Waals surface area (Å²) in [6.45, 7) is -0.146. The highest BCUT2D eigenvalue weighted by Gasteiger charge is 2.13. The first kappa shape index (κ1) is 22.4. The number of hydrogen-bond donors (Lipinski definition) is 1. The van der Waals surface area contributed by atoms with Crippen LogP contribution in [0.25, 0.3) is 0 Å². The molecule has 1 N–H and O–H groups in total. The molecule has 0 radical (unpaired) electrons. The van der Waals surface area contributed by atoms with Crippen LogP contribution in [0.3, 0.4) is 0 Å². The Hall–Kier alpha value is -4.33. The molecule has 0 saturated heterocycles. The summed E-state index contributed by atoms with van der Waals surface area (Å²) in [6, 6.07) is 20.4. The van der Waals surface area contributed by atoms with Gasteiger partial charge < -0.3 is 18.9 Å². The van der Waals surface area contributed by atoms with E-state index in [1.807, 2.05) is 18.2 Å². The van der Waals surface area contributed by atoms with Gasteiger partial charge in [-0.15, -0.1) is 0 Å². The molecule has 0 bridgehead atoms. The Labute approximate surface area is 185 Å². The molecule has 1 amide bonds. The number of nitrogens with zero attached hydrogens (tertiary/aromatic N) is 1. The van der Waals surface area contributed by atoms with Crippen molar-refractivity contribution in [1.82, 2.24) is 5.43 Å². The summed E-state index contributed by atoms with van der Waals surface area (Å²) in [5.41, 5.74) is 3.42. The molecule has 0 unspecified atom stereocenters. The Kier molecular flexibility index (Phi) is 7.80. The summed E-state index contributed by atoms with van der Waals surface area (Å²) in [5.74, 6) is 1.01. The lowest BCUT2D eigenvalue weighted by Crippen LogP contribution is -2.24. The second-order valence-electron chi connectivity index (χ2n) is 6.42. The lowest BCUT2D eigenvalue weighted by atomic mass is 10.2. The van der Waals surface area contributed by atoms with Crippen LogP contribution in [-0.2, 0) is 4.79 Å². The molecule has 0 fully saturated rings. The van der Waals surface area contributed by atoms with Crippen LogP contribution in [0.2, 0.25) is 0 Å². The Balaban J connectivity index is 1.50. The minimum atomic E-state index is -0.530. The minimum absolute atomic E-state index is 0.146. The fraction of sp³-hybridized carbons (Fsp3) is 0.125. The Morgan fingerprint density at radius 2 is 1.59 bits per heavy atom. The lowest BCUT2D eigenvalue weighted by Gasteiger charge is -2.09. The van der Waals surface area contributed by atoms with Gasteiger partial charge in [0.25, 0.3) is 5.91 Å². The molecular weight excluding hydrogens is 412 g/mol. The van der Waals surface area contributed by atoms with E-state index in [0.29, 0.717) is 34.1 Å². The van der Waals surface area contributed by atoms with Crippen molar-refractivity contribution in [2.75, 3.05) is 20.8 Å². The fourth-order valence-corrected chi connectivity index (χ4v) is 2.63. The number of benzene rings is 3. The van der Waals surface area contributed by atoms with Gasteiger partial charge in [0, 0.05) is 0 Å². The highest BCUT2D eigenvalue weighted by molar-refractivity contribution is 5.92. The normalized spacial score (nSPS) is 10.4. The molecule has 0 aliphatic heterocycles. The van der Waals surface area contributed by atoms with Crippen LogP contribution >= 0.6 is 0 Å². The zero-order valence-corrected chi connectivity index (χ0v) is 17.6. The maximum absolute atomic E-state index is 12.4. The molecule has 3 rings (SSSR count). The number of methoxy groups -OCH3 is 2. The smallest absolute Gasteiger partial charge is 0.343 e. The molecule has 0 aliphatic carbocycles. The molecular formula is C24H22N2O6. The van der Waals surface area contributed by atoms with Crippen molar-refractivity contribution in [3.05, 3.63) is 83.9 Å². The summed E-state index contributed by atoms with van der Waals surface area (Å²) < 4.78 is 21.1. The third-order valence-electron chi connectivity index (χ3n) is 4.23. The monoisotopic (exact) mass is 434 g/mol. The van der Waals surface area contributed by atoms with Crippen LogP contribution < -0.4 is 24.4 Å². The largest absolute Gasteiger partial charge is 0.493 e. The first-order valence-corrected chi connectivity index (χ1v) is 9.63. The van der Waals surface area contributed by atoms with Crippen LogP contribution in [-0.4, -0.2) is 38.9 Å². The molecule has 3 aromatic rings. The van der Waals surface area contributed by atoms with Crippen molar-refractivity contribution >= 4 is 18.1 Å². The predicted octanol–water partition coefficient (Wildman–Crippen LogP) is 3.45. The van der Waals surface area contributed by atoms with Gasteiger partial charge in [-0.1, -0.05) is 18.2 Å². The van der Waals surface area contributed by atoms with E-state index in [1.54, 1.807) is 54.6 Å². The SMILES string of the molecule is COc1ccc(C(=O)Oc2ccc(/C=N\NC(=O)COc3ccccc3)cc2)cc1OC. The van der Waals surface area contributed by atoms with E-state index in [0.717, 1.165) is 0 Å². The number of nitrogens with one attached hydrogen (secondary N) is 1. The van der Waals surface area contributed by atoms with Crippen LogP contribution in [0.15, 0.2) is 77.9 Å². The van der Waals surface area contributed by atoms with Gasteiger partial charge in [-0.05, 0) is 60.2 Å². The highest BCUT2D eigenvalue weighted by atomic mass is 16.5. The van der Waals surface area contributed by atoms with Gasteiger partial charge in [-0.25, -0.2) is 10.2 Å². The van der Waals surface area contributed by atoms with Gasteiger partial charge >= 0.3 is 5.97 Å². The van der Waals surface area contributed by atoms with Gasteiger partial charge in [0.15, 0.2) is 18.1 Å². The number of carbonyl (C=O) groups excluding carboxylic acids is 2. The molecule has 0 heterocycles. The van der Waals surface area contributed by atoms with Crippen molar-refractivity contribution in [1.29, 1.82) is 0 Å². The van der Waals surface area contributed by atoms with Crippen LogP contribution in [0.5, 0.6) is 23.0 Å². The average molecular weight is 434 g/mol. The maximum atomic E-state index is 12.4. The van der Waals surface area contributed by atoms with E-state index in [1.165, 1.54) is 20.4 Å². The van der Waals surface area contributed by atoms with Crippen LogP contribution in [0, 0.1) is 0 Å². The second-order valence-corrected chi connectivity index (χ2v) is 6.42. The highest BCUT2D eigenvalue weighted by Crippen LogP contribution is 2.28. The molecule has 8 heteroatoms. The van der Waals surface area contributed by atoms with Gasteiger partial charge in [0.1, 0.15) is 11.5 Å². The maximum Gasteiger partial charge on any atom is 0.343 e. The molecule has 32 heavy (non-hydrogen) atoms. The molecule has 164 valence electrons. The molecule has 0 atom stereocenters. The summed E-state index contributed by atoms with van der Waals surface area (Å²) in [4.78, 5) is 24.2. The molecule has 0 saturated carbocycles. The number of rotatable bonds is 9. The summed E-state index contributed by atoms with van der Waals surface area (Å²) in [6.07, 6.45) is 1.47. The molecule has 0 aromatic heterocycles. The van der Waals surface area contributed by atoms with E-state index in [-0.39, 0.29) is 12.5 Å². The lowest BCUT2D eigenvalue weighted by molar-refractivity contribution is -0.123. The van der Waals surface area contributed by atoms with E-state index in [2.05, 4.69) is 10.5 Å². The van der Waals surface area contributed by atoms with Crippen molar-refractivity contribution in [3.8, 4) is 23.0 Å². The van der Waals surface area contributed by atoms with E-state index < -0.39 is 5.97 Å². The zero-order chi connectivity index (χ0) is 22.8. The van der Waals surface area contributed by atoms with Gasteiger partial charge in [0.2, 0.25) is 0 Å². The third kappa shape index (κ3) is 6.33. The van der Waals surface area contributed by atoms with E-state index >= 15 is 0 Å². The Morgan fingerprint density at radius 3 is 2.28 bits per heavy atom. The Morgan fingerprint density at radius 1 is 0.875 bits per heavy atom. The quantitative estimate of drug-likeness (QED) is 0.240. The number of para-hydroxylation sites is 1. The van der Waals surface area contributed by atoms with Crippen LogP contribution in [0.4, 0.5) is 0 Å². The van der Waals surface area contributed by atoms with E-state index in [9.17, 15) is 9.59 Å². The van der Waals surface area contributed by atoms with Gasteiger partial charge in [-0.2, -0.15) is 5.10 Å². The van der Waals surface area contributed by atoms with Crippen LogP contribution in [0.1, 0.15) is 15.9 Å². The van der Waals surface area contributed by atoms with E-state index in [4.69, 9.17) is 18.9 Å². The van der Waals surface area contributed by atoms with Crippen molar-refractivity contribution in [2.24, 2.45) is 5.10 Å².